The summed E-state index contributed by atoms with van der Waals surface area (Å²) >= 11 is 11.9. The van der Waals surface area contributed by atoms with E-state index in [1.807, 2.05) is 0 Å². The van der Waals surface area contributed by atoms with E-state index in [-0.39, 0.29) is 11.4 Å². The number of hydroxylamine groups is 1. The monoisotopic (exact) mass is 341 g/mol. The summed E-state index contributed by atoms with van der Waals surface area (Å²) in [4.78, 5) is 11.2. The molecule has 0 heterocycles. The molecule has 0 fully saturated rings. The fourth-order valence-corrected chi connectivity index (χ4v) is 2.20. The number of benzene rings is 2. The number of anilines is 1. The molecule has 0 aliphatic rings. The molecule has 0 bridgehead atoms. The number of ether oxygens (including phenoxy) is 2. The summed E-state index contributed by atoms with van der Waals surface area (Å²) in [6.07, 6.45) is 0. The molecule has 0 radical (unpaired) electrons. The molecule has 116 valence electrons. The van der Waals surface area contributed by atoms with Gasteiger partial charge in [-0.25, -0.2) is 0 Å². The van der Waals surface area contributed by atoms with E-state index >= 15 is 0 Å². The number of amides is 1. The maximum absolute atomic E-state index is 11.2. The summed E-state index contributed by atoms with van der Waals surface area (Å²) < 4.78 is 10.8. The second-order valence-electron chi connectivity index (χ2n) is 4.34. The number of nitrogens with zero attached hydrogens (tertiary/aromatic N) is 1. The fourth-order valence-electron chi connectivity index (χ4n) is 1.75. The van der Waals surface area contributed by atoms with Crippen LogP contribution in [0.3, 0.4) is 0 Å². The minimum atomic E-state index is -0.535. The zero-order valence-corrected chi connectivity index (χ0v) is 13.4. The molecule has 2 rings (SSSR count). The van der Waals surface area contributed by atoms with E-state index in [4.69, 9.17) is 32.7 Å². The Hall–Kier alpha value is -1.95. The Labute approximate surface area is 137 Å². The Morgan fingerprint density at radius 2 is 1.86 bits per heavy atom. The highest BCUT2D eigenvalue weighted by atomic mass is 35.5. The van der Waals surface area contributed by atoms with Gasteiger partial charge in [-0.2, -0.15) is 5.06 Å². The van der Waals surface area contributed by atoms with Crippen molar-refractivity contribution in [2.75, 3.05) is 12.2 Å². The highest BCUT2D eigenvalue weighted by Crippen LogP contribution is 2.36. The van der Waals surface area contributed by atoms with Crippen molar-refractivity contribution in [3.8, 4) is 17.2 Å². The van der Waals surface area contributed by atoms with E-state index < -0.39 is 5.91 Å². The molecule has 1 N–H and O–H groups in total. The second kappa shape index (κ2) is 6.87. The van der Waals surface area contributed by atoms with Crippen molar-refractivity contribution in [3.05, 3.63) is 46.4 Å². The van der Waals surface area contributed by atoms with E-state index in [1.165, 1.54) is 26.2 Å². The summed E-state index contributed by atoms with van der Waals surface area (Å²) in [5.41, 5.74) is 0.213. The van der Waals surface area contributed by atoms with Gasteiger partial charge in [0.15, 0.2) is 0 Å². The Morgan fingerprint density at radius 3 is 2.45 bits per heavy atom. The van der Waals surface area contributed by atoms with Crippen LogP contribution in [0.4, 0.5) is 5.69 Å². The number of halogens is 2. The van der Waals surface area contributed by atoms with Crippen molar-refractivity contribution in [1.29, 1.82) is 0 Å². The molecule has 0 saturated carbocycles. The predicted octanol–water partition coefficient (Wildman–Crippen LogP) is 4.54. The maximum Gasteiger partial charge on any atom is 0.247 e. The molecule has 0 aromatic heterocycles. The third kappa shape index (κ3) is 3.62. The minimum absolute atomic E-state index is 0.213. The number of carbonyl (C=O) groups excluding carboxylic acids is 1. The molecule has 22 heavy (non-hydrogen) atoms. The standard InChI is InChI=1S/C15H13Cl2NO4/c1-9(19)18(20)13-5-4-11(8-15(13)21-2)22-14-6-3-10(16)7-12(14)17/h3-8,20H,1-2H3. The lowest BCUT2D eigenvalue weighted by Gasteiger charge is -2.17. The van der Waals surface area contributed by atoms with Crippen LogP contribution in [0.2, 0.25) is 10.0 Å². The lowest BCUT2D eigenvalue weighted by atomic mass is 10.2. The molecular weight excluding hydrogens is 329 g/mol. The van der Waals surface area contributed by atoms with Crippen LogP contribution in [-0.2, 0) is 4.79 Å². The van der Waals surface area contributed by atoms with Gasteiger partial charge in [-0.1, -0.05) is 23.2 Å². The third-order valence-electron chi connectivity index (χ3n) is 2.80. The number of carbonyl (C=O) groups is 1. The Morgan fingerprint density at radius 1 is 1.14 bits per heavy atom. The Balaban J connectivity index is 2.31. The van der Waals surface area contributed by atoms with Crippen molar-refractivity contribution >= 4 is 34.8 Å². The van der Waals surface area contributed by atoms with Crippen molar-refractivity contribution in [2.45, 2.75) is 6.92 Å². The zero-order chi connectivity index (χ0) is 16.3. The summed E-state index contributed by atoms with van der Waals surface area (Å²) in [6, 6.07) is 9.47. The molecular formula is C15H13Cl2NO4. The number of hydrogen-bond donors (Lipinski definition) is 1. The molecule has 0 atom stereocenters. The van der Waals surface area contributed by atoms with E-state index in [9.17, 15) is 10.0 Å². The van der Waals surface area contributed by atoms with Gasteiger partial charge in [0.1, 0.15) is 22.9 Å². The van der Waals surface area contributed by atoms with Crippen LogP contribution in [0.1, 0.15) is 6.92 Å². The third-order valence-corrected chi connectivity index (χ3v) is 3.33. The lowest BCUT2D eigenvalue weighted by Crippen LogP contribution is -2.24. The topological polar surface area (TPSA) is 59.0 Å². The van der Waals surface area contributed by atoms with E-state index in [0.29, 0.717) is 26.6 Å². The fraction of sp³-hybridized carbons (Fsp3) is 0.133. The van der Waals surface area contributed by atoms with E-state index in [2.05, 4.69) is 0 Å². The van der Waals surface area contributed by atoms with Crippen LogP contribution in [0.15, 0.2) is 36.4 Å². The van der Waals surface area contributed by atoms with E-state index in [0.717, 1.165) is 0 Å². The first-order valence-corrected chi connectivity index (χ1v) is 6.98. The van der Waals surface area contributed by atoms with Crippen LogP contribution in [0, 0.1) is 0 Å². The lowest BCUT2D eigenvalue weighted by molar-refractivity contribution is -0.121. The molecule has 5 nitrogen and oxygen atoms in total. The Kier molecular flexibility index (Phi) is 5.13. The van der Waals surface area contributed by atoms with Crippen LogP contribution < -0.4 is 14.5 Å². The van der Waals surface area contributed by atoms with Gasteiger partial charge in [0.05, 0.1) is 12.1 Å². The highest BCUT2D eigenvalue weighted by Gasteiger charge is 2.15. The van der Waals surface area contributed by atoms with Crippen LogP contribution in [-0.4, -0.2) is 18.2 Å². The molecule has 2 aromatic carbocycles. The average Bonchev–Trinajstić information content (AvgIpc) is 2.49. The minimum Gasteiger partial charge on any atom is -0.494 e. The van der Waals surface area contributed by atoms with Crippen LogP contribution in [0.25, 0.3) is 0 Å². The van der Waals surface area contributed by atoms with Crippen LogP contribution in [0.5, 0.6) is 17.2 Å². The van der Waals surface area contributed by atoms with Crippen LogP contribution >= 0.6 is 23.2 Å². The van der Waals surface area contributed by atoms with Gasteiger partial charge in [0.2, 0.25) is 5.91 Å². The quantitative estimate of drug-likeness (QED) is 0.655. The molecule has 2 aromatic rings. The molecule has 0 saturated heterocycles. The molecule has 0 aliphatic carbocycles. The highest BCUT2D eigenvalue weighted by molar-refractivity contribution is 6.35. The van der Waals surface area contributed by atoms with E-state index in [1.54, 1.807) is 24.3 Å². The molecule has 0 aliphatic heterocycles. The van der Waals surface area contributed by atoms with Gasteiger partial charge in [-0.15, -0.1) is 0 Å². The van der Waals surface area contributed by atoms with Crippen molar-refractivity contribution in [3.63, 3.8) is 0 Å². The summed E-state index contributed by atoms with van der Waals surface area (Å²) in [5, 5.41) is 11.1. The van der Waals surface area contributed by atoms with Gasteiger partial charge < -0.3 is 9.47 Å². The van der Waals surface area contributed by atoms with Crippen molar-refractivity contribution in [1.82, 2.24) is 0 Å². The zero-order valence-electron chi connectivity index (χ0n) is 11.8. The maximum atomic E-state index is 11.2. The molecule has 0 unspecified atom stereocenters. The smallest absolute Gasteiger partial charge is 0.247 e. The second-order valence-corrected chi connectivity index (χ2v) is 5.18. The largest absolute Gasteiger partial charge is 0.494 e. The number of rotatable bonds is 4. The van der Waals surface area contributed by atoms with Gasteiger partial charge >= 0.3 is 0 Å². The Bertz CT molecular complexity index is 706. The number of methoxy groups -OCH3 is 1. The van der Waals surface area contributed by atoms with Crippen molar-refractivity contribution in [2.24, 2.45) is 0 Å². The first-order valence-electron chi connectivity index (χ1n) is 6.23. The summed E-state index contributed by atoms with van der Waals surface area (Å²) in [5.74, 6) is 0.600. The van der Waals surface area contributed by atoms with Gasteiger partial charge in [0.25, 0.3) is 0 Å². The van der Waals surface area contributed by atoms with Gasteiger partial charge in [0, 0.05) is 18.0 Å². The first kappa shape index (κ1) is 16.4. The van der Waals surface area contributed by atoms with Gasteiger partial charge in [-0.05, 0) is 30.3 Å². The van der Waals surface area contributed by atoms with Gasteiger partial charge in [-0.3, -0.25) is 10.0 Å². The average molecular weight is 342 g/mol. The molecule has 7 heteroatoms. The first-order chi connectivity index (χ1) is 10.4. The predicted molar refractivity (Wildman–Crippen MR) is 84.5 cm³/mol. The number of hydrogen-bond acceptors (Lipinski definition) is 4. The SMILES string of the molecule is COc1cc(Oc2ccc(Cl)cc2Cl)ccc1N(O)C(C)=O. The summed E-state index contributed by atoms with van der Waals surface area (Å²) in [7, 11) is 1.42. The van der Waals surface area contributed by atoms with Crippen molar-refractivity contribution < 1.29 is 19.5 Å². The normalized spacial score (nSPS) is 10.2. The molecule has 1 amide bonds. The summed E-state index contributed by atoms with van der Waals surface area (Å²) in [6.45, 7) is 1.23. The molecule has 0 spiro atoms.